The number of piperazine rings is 1. The Balaban J connectivity index is 1.62. The highest BCUT2D eigenvalue weighted by Gasteiger charge is 2.24. The van der Waals surface area contributed by atoms with Crippen LogP contribution in [0.2, 0.25) is 0 Å². The zero-order chi connectivity index (χ0) is 17.6. The van der Waals surface area contributed by atoms with Crippen LogP contribution in [0.3, 0.4) is 0 Å². The summed E-state index contributed by atoms with van der Waals surface area (Å²) in [6, 6.07) is 16.8. The predicted octanol–water partition coefficient (Wildman–Crippen LogP) is 2.53. The summed E-state index contributed by atoms with van der Waals surface area (Å²) in [7, 11) is 3.38. The molecule has 0 bridgehead atoms. The summed E-state index contributed by atoms with van der Waals surface area (Å²) in [4.78, 5) is 4.89. The number of rotatable bonds is 6. The van der Waals surface area contributed by atoms with Gasteiger partial charge in [0.25, 0.3) is 0 Å². The number of hydrogen-bond acceptors (Lipinski definition) is 5. The van der Waals surface area contributed by atoms with Crippen molar-refractivity contribution in [2.45, 2.75) is 6.04 Å². The molecule has 2 aromatic carbocycles. The van der Waals surface area contributed by atoms with Crippen molar-refractivity contribution in [1.29, 1.82) is 0 Å². The minimum Gasteiger partial charge on any atom is -0.497 e. The summed E-state index contributed by atoms with van der Waals surface area (Å²) in [5.74, 6) is 1.77. The topological polar surface area (TPSA) is 51.0 Å². The van der Waals surface area contributed by atoms with Gasteiger partial charge in [0.1, 0.15) is 11.5 Å². The maximum absolute atomic E-state index is 6.08. The van der Waals surface area contributed by atoms with Gasteiger partial charge in [-0.25, -0.2) is 0 Å². The van der Waals surface area contributed by atoms with Crippen LogP contribution in [-0.2, 0) is 0 Å². The maximum atomic E-state index is 6.08. The first-order valence-electron chi connectivity index (χ1n) is 8.72. The van der Waals surface area contributed by atoms with Gasteiger partial charge in [0, 0.05) is 44.5 Å². The van der Waals surface area contributed by atoms with E-state index in [0.717, 1.165) is 37.7 Å². The molecular formula is C20H27N3O2. The summed E-state index contributed by atoms with van der Waals surface area (Å²) < 4.78 is 10.5. The molecule has 2 aromatic rings. The monoisotopic (exact) mass is 341 g/mol. The fourth-order valence-electron chi connectivity index (χ4n) is 3.41. The Hall–Kier alpha value is -2.24. The van der Waals surface area contributed by atoms with Gasteiger partial charge in [-0.3, -0.25) is 4.90 Å². The largest absolute Gasteiger partial charge is 0.497 e. The van der Waals surface area contributed by atoms with Crippen LogP contribution in [0.15, 0.2) is 48.5 Å². The lowest BCUT2D eigenvalue weighted by molar-refractivity contribution is 0.190. The van der Waals surface area contributed by atoms with E-state index < -0.39 is 0 Å². The lowest BCUT2D eigenvalue weighted by Gasteiger charge is -2.40. The summed E-state index contributed by atoms with van der Waals surface area (Å²) >= 11 is 0. The Kier molecular flexibility index (Phi) is 5.79. The Morgan fingerprint density at radius 1 is 0.840 bits per heavy atom. The summed E-state index contributed by atoms with van der Waals surface area (Å²) in [6.07, 6.45) is 0. The van der Waals surface area contributed by atoms with Gasteiger partial charge in [-0.2, -0.15) is 0 Å². The predicted molar refractivity (Wildman–Crippen MR) is 102 cm³/mol. The van der Waals surface area contributed by atoms with Gasteiger partial charge >= 0.3 is 0 Å². The van der Waals surface area contributed by atoms with Crippen molar-refractivity contribution in [2.75, 3.05) is 51.8 Å². The van der Waals surface area contributed by atoms with E-state index in [1.807, 2.05) is 24.3 Å². The third-order valence-corrected chi connectivity index (χ3v) is 4.92. The van der Waals surface area contributed by atoms with Crippen LogP contribution in [0.1, 0.15) is 11.6 Å². The van der Waals surface area contributed by atoms with Crippen LogP contribution in [0.4, 0.5) is 5.69 Å². The minimum absolute atomic E-state index is 0.254. The quantitative estimate of drug-likeness (QED) is 0.875. The van der Waals surface area contributed by atoms with Crippen LogP contribution in [0.25, 0.3) is 0 Å². The maximum Gasteiger partial charge on any atom is 0.119 e. The van der Waals surface area contributed by atoms with Gasteiger partial charge in [0.15, 0.2) is 0 Å². The number of nitrogens with zero attached hydrogens (tertiary/aromatic N) is 2. The number of anilines is 1. The molecule has 0 aromatic heterocycles. The van der Waals surface area contributed by atoms with Crippen LogP contribution in [0, 0.1) is 0 Å². The molecule has 0 amide bonds. The molecule has 5 heteroatoms. The van der Waals surface area contributed by atoms with Crippen molar-refractivity contribution < 1.29 is 9.47 Å². The second-order valence-electron chi connectivity index (χ2n) is 6.25. The van der Waals surface area contributed by atoms with Gasteiger partial charge in [0.2, 0.25) is 0 Å². The first kappa shape index (κ1) is 17.6. The highest BCUT2D eigenvalue weighted by Crippen LogP contribution is 2.26. The molecule has 0 saturated carbocycles. The van der Waals surface area contributed by atoms with Crippen molar-refractivity contribution in [2.24, 2.45) is 5.73 Å². The molecule has 3 rings (SSSR count). The Bertz CT molecular complexity index is 650. The third kappa shape index (κ3) is 4.06. The van der Waals surface area contributed by atoms with E-state index in [4.69, 9.17) is 15.2 Å². The molecule has 1 fully saturated rings. The van der Waals surface area contributed by atoms with E-state index in [-0.39, 0.29) is 6.04 Å². The number of methoxy groups -OCH3 is 2. The molecule has 25 heavy (non-hydrogen) atoms. The lowest BCUT2D eigenvalue weighted by Crippen LogP contribution is -2.49. The molecule has 0 radical (unpaired) electrons. The first-order valence-corrected chi connectivity index (χ1v) is 8.72. The van der Waals surface area contributed by atoms with Gasteiger partial charge in [-0.05, 0) is 42.0 Å². The molecular weight excluding hydrogens is 314 g/mol. The summed E-state index contributed by atoms with van der Waals surface area (Å²) in [6.45, 7) is 4.62. The molecule has 134 valence electrons. The van der Waals surface area contributed by atoms with E-state index >= 15 is 0 Å². The van der Waals surface area contributed by atoms with Gasteiger partial charge in [-0.1, -0.05) is 12.1 Å². The lowest BCUT2D eigenvalue weighted by atomic mass is 10.0. The molecule has 0 spiro atoms. The molecule has 2 N–H and O–H groups in total. The number of nitrogens with two attached hydrogens (primary N) is 1. The van der Waals surface area contributed by atoms with E-state index in [1.54, 1.807) is 14.2 Å². The SMILES string of the molecule is COc1ccc([C@@H](CN)N2CCN(c3ccc(OC)cc3)CC2)cc1. The molecule has 1 saturated heterocycles. The zero-order valence-corrected chi connectivity index (χ0v) is 15.0. The van der Waals surface area contributed by atoms with Gasteiger partial charge in [-0.15, -0.1) is 0 Å². The van der Waals surface area contributed by atoms with Crippen LogP contribution < -0.4 is 20.1 Å². The molecule has 1 atom stereocenters. The van der Waals surface area contributed by atoms with Crippen molar-refractivity contribution in [3.63, 3.8) is 0 Å². The van der Waals surface area contributed by atoms with Crippen molar-refractivity contribution >= 4 is 5.69 Å². The smallest absolute Gasteiger partial charge is 0.119 e. The molecule has 5 nitrogen and oxygen atoms in total. The Morgan fingerprint density at radius 2 is 1.36 bits per heavy atom. The fourth-order valence-corrected chi connectivity index (χ4v) is 3.41. The molecule has 1 heterocycles. The summed E-state index contributed by atoms with van der Waals surface area (Å²) in [5.41, 5.74) is 8.58. The number of hydrogen-bond donors (Lipinski definition) is 1. The van der Waals surface area contributed by atoms with Crippen molar-refractivity contribution in [1.82, 2.24) is 4.90 Å². The minimum atomic E-state index is 0.254. The highest BCUT2D eigenvalue weighted by atomic mass is 16.5. The first-order chi connectivity index (χ1) is 12.2. The van der Waals surface area contributed by atoms with E-state index in [9.17, 15) is 0 Å². The van der Waals surface area contributed by atoms with Gasteiger partial charge in [0.05, 0.1) is 14.2 Å². The zero-order valence-electron chi connectivity index (χ0n) is 15.0. The standard InChI is InChI=1S/C20H27N3O2/c1-24-18-7-3-16(4-8-18)20(15-21)23-13-11-22(12-14-23)17-5-9-19(25-2)10-6-17/h3-10,20H,11-15,21H2,1-2H3/t20-/m1/s1. The fraction of sp³-hybridized carbons (Fsp3) is 0.400. The van der Waals surface area contributed by atoms with Crippen molar-refractivity contribution in [3.05, 3.63) is 54.1 Å². The molecule has 0 unspecified atom stereocenters. The second-order valence-corrected chi connectivity index (χ2v) is 6.25. The van der Waals surface area contributed by atoms with Crippen molar-refractivity contribution in [3.8, 4) is 11.5 Å². The van der Waals surface area contributed by atoms with Crippen LogP contribution in [0.5, 0.6) is 11.5 Å². The van der Waals surface area contributed by atoms with E-state index in [0.29, 0.717) is 6.54 Å². The van der Waals surface area contributed by atoms with E-state index in [2.05, 4.69) is 34.1 Å². The van der Waals surface area contributed by atoms with Crippen LogP contribution >= 0.6 is 0 Å². The second kappa shape index (κ2) is 8.23. The van der Waals surface area contributed by atoms with Gasteiger partial charge < -0.3 is 20.1 Å². The van der Waals surface area contributed by atoms with E-state index in [1.165, 1.54) is 11.3 Å². The number of ether oxygens (including phenoxy) is 2. The molecule has 1 aliphatic heterocycles. The molecule has 0 aliphatic carbocycles. The Labute approximate surface area is 149 Å². The third-order valence-electron chi connectivity index (χ3n) is 4.92. The number of benzene rings is 2. The normalized spacial score (nSPS) is 16.5. The average Bonchev–Trinajstić information content (AvgIpc) is 2.70. The molecule has 1 aliphatic rings. The summed E-state index contributed by atoms with van der Waals surface area (Å²) in [5, 5.41) is 0. The highest BCUT2D eigenvalue weighted by molar-refractivity contribution is 5.49. The Morgan fingerprint density at radius 3 is 1.84 bits per heavy atom. The van der Waals surface area contributed by atoms with Crippen LogP contribution in [-0.4, -0.2) is 51.8 Å². The average molecular weight is 341 g/mol.